The molecule has 1 aliphatic rings. The van der Waals surface area contributed by atoms with Crippen molar-refractivity contribution in [3.05, 3.63) is 0 Å². The molecule has 1 fully saturated rings. The summed E-state index contributed by atoms with van der Waals surface area (Å²) in [6, 6.07) is 0. The molecule has 0 aromatic rings. The lowest BCUT2D eigenvalue weighted by molar-refractivity contribution is 0.263. The molecular formula is C9H18FNO. The minimum absolute atomic E-state index is 0.283. The van der Waals surface area contributed by atoms with Crippen LogP contribution in [0.25, 0.3) is 0 Å². The molecule has 2 nitrogen and oxygen atoms in total. The Morgan fingerprint density at radius 3 is 2.75 bits per heavy atom. The zero-order chi connectivity index (χ0) is 8.81. The highest BCUT2D eigenvalue weighted by molar-refractivity contribution is 4.74. The van der Waals surface area contributed by atoms with Crippen LogP contribution < -0.4 is 0 Å². The number of likely N-dealkylation sites (tertiary alicyclic amines) is 1. The van der Waals surface area contributed by atoms with Gasteiger partial charge in [0.05, 0.1) is 0 Å². The van der Waals surface area contributed by atoms with Crippen molar-refractivity contribution < 1.29 is 9.50 Å². The third kappa shape index (κ3) is 3.50. The first kappa shape index (κ1) is 9.93. The first-order chi connectivity index (χ1) is 5.83. The van der Waals surface area contributed by atoms with Crippen LogP contribution in [0.1, 0.15) is 25.7 Å². The third-order valence-electron chi connectivity index (χ3n) is 2.35. The average Bonchev–Trinajstić information content (AvgIpc) is 2.45. The number of nitrogens with zero attached hydrogens (tertiary/aromatic N) is 1. The standard InChI is InChI=1S/C9H18FNO/c10-9-4-6-11(8-9)5-2-1-3-7-12/h9,12H,1-8H2/t9-/m0/s1. The molecule has 1 aliphatic heterocycles. The Balaban J connectivity index is 1.93. The van der Waals surface area contributed by atoms with Gasteiger partial charge in [0.1, 0.15) is 6.17 Å². The second kappa shape index (κ2) is 5.49. The van der Waals surface area contributed by atoms with E-state index in [0.717, 1.165) is 32.4 Å². The van der Waals surface area contributed by atoms with E-state index in [1.807, 2.05) is 0 Å². The fraction of sp³-hybridized carbons (Fsp3) is 1.00. The lowest BCUT2D eigenvalue weighted by Gasteiger charge is -2.13. The first-order valence-corrected chi connectivity index (χ1v) is 4.80. The highest BCUT2D eigenvalue weighted by atomic mass is 19.1. The molecular weight excluding hydrogens is 157 g/mol. The van der Waals surface area contributed by atoms with Crippen molar-refractivity contribution in [1.82, 2.24) is 4.90 Å². The van der Waals surface area contributed by atoms with E-state index >= 15 is 0 Å². The second-order valence-electron chi connectivity index (χ2n) is 3.47. The van der Waals surface area contributed by atoms with Crippen molar-refractivity contribution in [2.75, 3.05) is 26.2 Å². The Bertz CT molecular complexity index is 121. The molecule has 1 heterocycles. The predicted octanol–water partition coefficient (Wildman–Crippen LogP) is 1.19. The fourth-order valence-electron chi connectivity index (χ4n) is 1.61. The lowest BCUT2D eigenvalue weighted by Crippen LogP contribution is -2.22. The average molecular weight is 175 g/mol. The summed E-state index contributed by atoms with van der Waals surface area (Å²) in [5, 5.41) is 8.53. The number of alkyl halides is 1. The van der Waals surface area contributed by atoms with Gasteiger partial charge < -0.3 is 10.0 Å². The minimum atomic E-state index is -0.595. The van der Waals surface area contributed by atoms with Gasteiger partial charge in [-0.3, -0.25) is 0 Å². The van der Waals surface area contributed by atoms with Crippen molar-refractivity contribution in [1.29, 1.82) is 0 Å². The molecule has 1 N–H and O–H groups in total. The minimum Gasteiger partial charge on any atom is -0.396 e. The van der Waals surface area contributed by atoms with Crippen LogP contribution in [-0.4, -0.2) is 42.4 Å². The van der Waals surface area contributed by atoms with Crippen LogP contribution in [0.2, 0.25) is 0 Å². The van der Waals surface area contributed by atoms with Crippen LogP contribution >= 0.6 is 0 Å². The molecule has 0 saturated carbocycles. The maximum Gasteiger partial charge on any atom is 0.114 e. The van der Waals surface area contributed by atoms with E-state index in [-0.39, 0.29) is 6.61 Å². The van der Waals surface area contributed by atoms with Crippen molar-refractivity contribution >= 4 is 0 Å². The molecule has 0 unspecified atom stereocenters. The molecule has 1 rings (SSSR count). The summed E-state index contributed by atoms with van der Waals surface area (Å²) in [5.74, 6) is 0. The Hall–Kier alpha value is -0.150. The summed E-state index contributed by atoms with van der Waals surface area (Å²) < 4.78 is 12.7. The Morgan fingerprint density at radius 2 is 2.17 bits per heavy atom. The van der Waals surface area contributed by atoms with Gasteiger partial charge in [0.15, 0.2) is 0 Å². The number of unbranched alkanes of at least 4 members (excludes halogenated alkanes) is 2. The van der Waals surface area contributed by atoms with Crippen LogP contribution in [0, 0.1) is 0 Å². The van der Waals surface area contributed by atoms with Crippen LogP contribution in [0.15, 0.2) is 0 Å². The zero-order valence-corrected chi connectivity index (χ0v) is 7.51. The van der Waals surface area contributed by atoms with Gasteiger partial charge in [-0.15, -0.1) is 0 Å². The molecule has 3 heteroatoms. The third-order valence-corrected chi connectivity index (χ3v) is 2.35. The van der Waals surface area contributed by atoms with Crippen LogP contribution in [-0.2, 0) is 0 Å². The highest BCUT2D eigenvalue weighted by Crippen LogP contribution is 2.12. The monoisotopic (exact) mass is 175 g/mol. The van der Waals surface area contributed by atoms with Crippen LogP contribution in [0.3, 0.4) is 0 Å². The molecule has 0 amide bonds. The largest absolute Gasteiger partial charge is 0.396 e. The van der Waals surface area contributed by atoms with E-state index in [1.54, 1.807) is 0 Å². The smallest absolute Gasteiger partial charge is 0.114 e. The van der Waals surface area contributed by atoms with Crippen molar-refractivity contribution in [3.63, 3.8) is 0 Å². The van der Waals surface area contributed by atoms with Gasteiger partial charge in [-0.25, -0.2) is 4.39 Å². The molecule has 0 aromatic heterocycles. The summed E-state index contributed by atoms with van der Waals surface area (Å²) in [6.45, 7) is 2.82. The van der Waals surface area contributed by atoms with Crippen molar-refractivity contribution in [2.45, 2.75) is 31.9 Å². The summed E-state index contributed by atoms with van der Waals surface area (Å²) in [6.07, 6.45) is 3.15. The van der Waals surface area contributed by atoms with Crippen LogP contribution in [0.4, 0.5) is 4.39 Å². The molecule has 12 heavy (non-hydrogen) atoms. The lowest BCUT2D eigenvalue weighted by atomic mass is 10.2. The molecule has 1 atom stereocenters. The normalized spacial score (nSPS) is 25.0. The molecule has 1 saturated heterocycles. The van der Waals surface area contributed by atoms with E-state index in [4.69, 9.17) is 5.11 Å². The number of aliphatic hydroxyl groups is 1. The zero-order valence-electron chi connectivity index (χ0n) is 7.51. The molecule has 0 spiro atoms. The molecule has 0 aromatic carbocycles. The number of hydrogen-bond donors (Lipinski definition) is 1. The Morgan fingerprint density at radius 1 is 1.33 bits per heavy atom. The summed E-state index contributed by atoms with van der Waals surface area (Å²) in [5.41, 5.74) is 0. The summed E-state index contributed by atoms with van der Waals surface area (Å²) in [7, 11) is 0. The molecule has 0 radical (unpaired) electrons. The van der Waals surface area contributed by atoms with E-state index in [0.29, 0.717) is 13.0 Å². The van der Waals surface area contributed by atoms with Crippen molar-refractivity contribution in [2.24, 2.45) is 0 Å². The topological polar surface area (TPSA) is 23.5 Å². The van der Waals surface area contributed by atoms with Gasteiger partial charge in [-0.2, -0.15) is 0 Å². The van der Waals surface area contributed by atoms with E-state index in [1.165, 1.54) is 0 Å². The van der Waals surface area contributed by atoms with Gasteiger partial charge in [-0.05, 0) is 32.2 Å². The highest BCUT2D eigenvalue weighted by Gasteiger charge is 2.20. The maximum absolute atomic E-state index is 12.7. The fourth-order valence-corrected chi connectivity index (χ4v) is 1.61. The molecule has 0 bridgehead atoms. The number of halogens is 1. The maximum atomic E-state index is 12.7. The van der Waals surface area contributed by atoms with E-state index in [2.05, 4.69) is 4.90 Å². The number of hydrogen-bond acceptors (Lipinski definition) is 2. The second-order valence-corrected chi connectivity index (χ2v) is 3.47. The van der Waals surface area contributed by atoms with Crippen LogP contribution in [0.5, 0.6) is 0 Å². The van der Waals surface area contributed by atoms with Gasteiger partial charge in [-0.1, -0.05) is 0 Å². The quantitative estimate of drug-likeness (QED) is 0.634. The molecule has 72 valence electrons. The van der Waals surface area contributed by atoms with E-state index in [9.17, 15) is 4.39 Å². The summed E-state index contributed by atoms with van der Waals surface area (Å²) in [4.78, 5) is 2.17. The van der Waals surface area contributed by atoms with Gasteiger partial charge in [0.2, 0.25) is 0 Å². The summed E-state index contributed by atoms with van der Waals surface area (Å²) >= 11 is 0. The number of rotatable bonds is 5. The van der Waals surface area contributed by atoms with E-state index < -0.39 is 6.17 Å². The van der Waals surface area contributed by atoms with Gasteiger partial charge in [0, 0.05) is 19.7 Å². The Kier molecular flexibility index (Phi) is 4.54. The SMILES string of the molecule is OCCCCCN1CC[C@H](F)C1. The first-order valence-electron chi connectivity index (χ1n) is 4.80. The number of aliphatic hydroxyl groups excluding tert-OH is 1. The van der Waals surface area contributed by atoms with Gasteiger partial charge in [0.25, 0.3) is 0 Å². The molecule has 0 aliphatic carbocycles. The van der Waals surface area contributed by atoms with Gasteiger partial charge >= 0.3 is 0 Å². The Labute approximate surface area is 73.4 Å². The van der Waals surface area contributed by atoms with Crippen molar-refractivity contribution in [3.8, 4) is 0 Å². The predicted molar refractivity (Wildman–Crippen MR) is 46.9 cm³/mol.